The molecule has 0 spiro atoms. The summed E-state index contributed by atoms with van der Waals surface area (Å²) in [6.07, 6.45) is 0. The van der Waals surface area contributed by atoms with Crippen LogP contribution in [0.4, 0.5) is 10.6 Å². The van der Waals surface area contributed by atoms with Gasteiger partial charge in [-0.2, -0.15) is 5.10 Å². The number of nitrogens with one attached hydrogen (secondary N) is 2. The molecule has 0 aliphatic heterocycles. The SMILES string of the molecule is Cc1ccc(-n2nc(C(C)(C)C)cc2NC(=O)CN(CC(C)C)C(=O)NCc2ccccc2)cc1. The number of carbonyl (C=O) groups is 2. The molecule has 0 aliphatic rings. The minimum absolute atomic E-state index is 0.0528. The maximum absolute atomic E-state index is 13.1. The van der Waals surface area contributed by atoms with Gasteiger partial charge >= 0.3 is 6.03 Å². The van der Waals surface area contributed by atoms with Gasteiger partial charge in [-0.05, 0) is 30.5 Å². The van der Waals surface area contributed by atoms with Gasteiger partial charge in [0, 0.05) is 24.6 Å². The monoisotopic (exact) mass is 475 g/mol. The molecule has 1 heterocycles. The summed E-state index contributed by atoms with van der Waals surface area (Å²) in [5, 5.41) is 10.7. The number of hydrogen-bond acceptors (Lipinski definition) is 3. The molecule has 0 atom stereocenters. The molecule has 186 valence electrons. The largest absolute Gasteiger partial charge is 0.334 e. The molecule has 7 heteroatoms. The van der Waals surface area contributed by atoms with Gasteiger partial charge in [0.05, 0.1) is 11.4 Å². The van der Waals surface area contributed by atoms with Crippen LogP contribution in [0.1, 0.15) is 51.4 Å². The summed E-state index contributed by atoms with van der Waals surface area (Å²) in [6, 6.07) is 19.3. The minimum atomic E-state index is -0.269. The zero-order valence-corrected chi connectivity index (χ0v) is 21.6. The molecule has 3 amide bonds. The van der Waals surface area contributed by atoms with E-state index in [1.807, 2.05) is 81.4 Å². The van der Waals surface area contributed by atoms with Gasteiger partial charge < -0.3 is 15.5 Å². The lowest BCUT2D eigenvalue weighted by Crippen LogP contribution is -2.45. The second-order valence-electron chi connectivity index (χ2n) is 10.4. The quantitative estimate of drug-likeness (QED) is 0.465. The van der Waals surface area contributed by atoms with E-state index >= 15 is 0 Å². The summed E-state index contributed by atoms with van der Waals surface area (Å²) in [5.41, 5.74) is 3.70. The van der Waals surface area contributed by atoms with Gasteiger partial charge in [0.2, 0.25) is 5.91 Å². The van der Waals surface area contributed by atoms with Crippen LogP contribution >= 0.6 is 0 Å². The molecule has 0 fully saturated rings. The number of hydrogen-bond donors (Lipinski definition) is 2. The van der Waals surface area contributed by atoms with Crippen LogP contribution in [0.15, 0.2) is 60.7 Å². The average molecular weight is 476 g/mol. The lowest BCUT2D eigenvalue weighted by molar-refractivity contribution is -0.116. The molecular formula is C28H37N5O2. The number of anilines is 1. The van der Waals surface area contributed by atoms with Crippen molar-refractivity contribution in [2.24, 2.45) is 5.92 Å². The highest BCUT2D eigenvalue weighted by atomic mass is 16.2. The van der Waals surface area contributed by atoms with E-state index in [9.17, 15) is 9.59 Å². The van der Waals surface area contributed by atoms with E-state index in [0.717, 1.165) is 22.5 Å². The smallest absolute Gasteiger partial charge is 0.318 e. The van der Waals surface area contributed by atoms with E-state index in [1.165, 1.54) is 0 Å². The van der Waals surface area contributed by atoms with Crippen LogP contribution in [0.5, 0.6) is 0 Å². The van der Waals surface area contributed by atoms with Crippen molar-refractivity contribution in [3.05, 3.63) is 77.5 Å². The molecule has 0 radical (unpaired) electrons. The molecule has 35 heavy (non-hydrogen) atoms. The summed E-state index contributed by atoms with van der Waals surface area (Å²) in [5.74, 6) is 0.531. The molecule has 0 saturated carbocycles. The number of rotatable bonds is 8. The van der Waals surface area contributed by atoms with E-state index in [4.69, 9.17) is 5.10 Å². The maximum atomic E-state index is 13.1. The van der Waals surface area contributed by atoms with Crippen molar-refractivity contribution in [3.63, 3.8) is 0 Å². The number of benzene rings is 2. The highest BCUT2D eigenvalue weighted by molar-refractivity contribution is 5.94. The van der Waals surface area contributed by atoms with Crippen LogP contribution in [0.25, 0.3) is 5.69 Å². The summed E-state index contributed by atoms with van der Waals surface area (Å²) in [4.78, 5) is 27.6. The van der Waals surface area contributed by atoms with Crippen LogP contribution in [-0.4, -0.2) is 39.7 Å². The number of carbonyl (C=O) groups excluding carboxylic acids is 2. The molecule has 0 bridgehead atoms. The molecule has 0 saturated heterocycles. The number of amides is 3. The molecule has 1 aromatic heterocycles. The van der Waals surface area contributed by atoms with Crippen LogP contribution in [-0.2, 0) is 16.8 Å². The molecule has 3 rings (SSSR count). The first-order chi connectivity index (χ1) is 16.5. The highest BCUT2D eigenvalue weighted by Crippen LogP contribution is 2.26. The van der Waals surface area contributed by atoms with Gasteiger partial charge in [0.25, 0.3) is 0 Å². The van der Waals surface area contributed by atoms with Gasteiger partial charge in [0.15, 0.2) is 0 Å². The topological polar surface area (TPSA) is 79.3 Å². The fraction of sp³-hybridized carbons (Fsp3) is 0.393. The molecule has 2 N–H and O–H groups in total. The van der Waals surface area contributed by atoms with Crippen molar-refractivity contribution in [1.29, 1.82) is 0 Å². The van der Waals surface area contributed by atoms with E-state index in [-0.39, 0.29) is 29.8 Å². The first kappa shape index (κ1) is 26.0. The normalized spacial score (nSPS) is 11.4. The number of aryl methyl sites for hydroxylation is 1. The lowest BCUT2D eigenvalue weighted by Gasteiger charge is -2.24. The van der Waals surface area contributed by atoms with Crippen molar-refractivity contribution in [3.8, 4) is 5.69 Å². The van der Waals surface area contributed by atoms with E-state index < -0.39 is 0 Å². The standard InChI is InChI=1S/C28H37N5O2/c1-20(2)18-32(27(35)29-17-22-10-8-7-9-11-22)19-26(34)30-25-16-24(28(4,5)6)31-33(25)23-14-12-21(3)13-15-23/h7-16,20H,17-19H2,1-6H3,(H,29,35)(H,30,34). The van der Waals surface area contributed by atoms with Crippen molar-refractivity contribution >= 4 is 17.8 Å². The minimum Gasteiger partial charge on any atom is -0.334 e. The third kappa shape index (κ3) is 7.44. The summed E-state index contributed by atoms with van der Waals surface area (Å²) >= 11 is 0. The zero-order valence-electron chi connectivity index (χ0n) is 21.6. The molecular weight excluding hydrogens is 438 g/mol. The number of nitrogens with zero attached hydrogens (tertiary/aromatic N) is 3. The van der Waals surface area contributed by atoms with Gasteiger partial charge in [-0.25, -0.2) is 9.48 Å². The van der Waals surface area contributed by atoms with Crippen LogP contribution in [0.3, 0.4) is 0 Å². The summed E-state index contributed by atoms with van der Waals surface area (Å²) in [7, 11) is 0. The van der Waals surface area contributed by atoms with Gasteiger partial charge in [-0.1, -0.05) is 82.6 Å². The lowest BCUT2D eigenvalue weighted by atomic mass is 9.92. The predicted molar refractivity (Wildman–Crippen MR) is 141 cm³/mol. The van der Waals surface area contributed by atoms with E-state index in [1.54, 1.807) is 9.58 Å². The summed E-state index contributed by atoms with van der Waals surface area (Å²) in [6.45, 7) is 13.2. The molecule has 0 aliphatic carbocycles. The van der Waals surface area contributed by atoms with E-state index in [0.29, 0.717) is 18.9 Å². The number of aromatic nitrogens is 2. The van der Waals surface area contributed by atoms with Crippen LogP contribution in [0, 0.1) is 12.8 Å². The zero-order chi connectivity index (χ0) is 25.6. The van der Waals surface area contributed by atoms with Crippen molar-refractivity contribution in [2.45, 2.75) is 53.5 Å². The van der Waals surface area contributed by atoms with Gasteiger partial charge in [-0.3, -0.25) is 4.79 Å². The van der Waals surface area contributed by atoms with Crippen molar-refractivity contribution < 1.29 is 9.59 Å². The highest BCUT2D eigenvalue weighted by Gasteiger charge is 2.23. The fourth-order valence-corrected chi connectivity index (χ4v) is 3.62. The Bertz CT molecular complexity index is 1130. The Morgan fingerprint density at radius 1 is 1.03 bits per heavy atom. The second-order valence-corrected chi connectivity index (χ2v) is 10.4. The Hall–Kier alpha value is -3.61. The van der Waals surface area contributed by atoms with Crippen LogP contribution in [0.2, 0.25) is 0 Å². The van der Waals surface area contributed by atoms with Crippen molar-refractivity contribution in [1.82, 2.24) is 20.0 Å². The molecule has 7 nitrogen and oxygen atoms in total. The number of urea groups is 1. The molecule has 2 aromatic carbocycles. The molecule has 3 aromatic rings. The Balaban J connectivity index is 1.76. The Kier molecular flexibility index (Phi) is 8.33. The van der Waals surface area contributed by atoms with Gasteiger partial charge in [0.1, 0.15) is 12.4 Å². The first-order valence-corrected chi connectivity index (χ1v) is 12.1. The first-order valence-electron chi connectivity index (χ1n) is 12.1. The van der Waals surface area contributed by atoms with Crippen LogP contribution < -0.4 is 10.6 Å². The summed E-state index contributed by atoms with van der Waals surface area (Å²) < 4.78 is 1.75. The third-order valence-corrected chi connectivity index (χ3v) is 5.52. The Morgan fingerprint density at radius 3 is 2.29 bits per heavy atom. The molecule has 0 unspecified atom stereocenters. The maximum Gasteiger partial charge on any atom is 0.318 e. The van der Waals surface area contributed by atoms with E-state index in [2.05, 4.69) is 31.4 Å². The Labute approximate surface area is 208 Å². The van der Waals surface area contributed by atoms with Gasteiger partial charge in [-0.15, -0.1) is 0 Å². The average Bonchev–Trinajstić information content (AvgIpc) is 3.22. The predicted octanol–water partition coefficient (Wildman–Crippen LogP) is 5.28. The second kappa shape index (κ2) is 11.2. The third-order valence-electron chi connectivity index (χ3n) is 5.52. The Morgan fingerprint density at radius 2 is 1.69 bits per heavy atom. The fourth-order valence-electron chi connectivity index (χ4n) is 3.62. The van der Waals surface area contributed by atoms with Crippen molar-refractivity contribution in [2.75, 3.05) is 18.4 Å².